The minimum absolute atomic E-state index is 0.776. The summed E-state index contributed by atoms with van der Waals surface area (Å²) in [5.74, 6) is 0. The van der Waals surface area contributed by atoms with Gasteiger partial charge in [0.15, 0.2) is 0 Å². The first-order valence-electron chi connectivity index (χ1n) is 7.28. The lowest BCUT2D eigenvalue weighted by Crippen LogP contribution is -2.37. The summed E-state index contributed by atoms with van der Waals surface area (Å²) in [6, 6.07) is 0. The van der Waals surface area contributed by atoms with Crippen LogP contribution in [0, 0.1) is 0 Å². The van der Waals surface area contributed by atoms with Gasteiger partial charge in [0.1, 0.15) is 12.4 Å². The van der Waals surface area contributed by atoms with Crippen molar-refractivity contribution in [3.8, 4) is 0 Å². The second-order valence-corrected chi connectivity index (χ2v) is 5.04. The number of hydrogen-bond acceptors (Lipinski definition) is 1. The van der Waals surface area contributed by atoms with Crippen molar-refractivity contribution < 1.29 is 9.13 Å². The molecule has 5 heteroatoms. The Morgan fingerprint density at radius 3 is 2.68 bits per heavy atom. The smallest absolute Gasteiger partial charge is 0.237 e. The molecule has 0 bridgehead atoms. The van der Waals surface area contributed by atoms with Crippen LogP contribution in [-0.2, 0) is 19.8 Å². The molecule has 0 spiro atoms. The van der Waals surface area contributed by atoms with Crippen LogP contribution in [0.3, 0.4) is 0 Å². The maximum atomic E-state index is 4.39. The van der Waals surface area contributed by atoms with Gasteiger partial charge in [-0.05, 0) is 12.8 Å². The highest BCUT2D eigenvalue weighted by Gasteiger charge is 2.10. The van der Waals surface area contributed by atoms with Crippen molar-refractivity contribution in [1.29, 1.82) is 0 Å². The number of nitrogens with zero attached hydrogens (tertiary/aromatic N) is 5. The van der Waals surface area contributed by atoms with Gasteiger partial charge in [-0.25, -0.2) is 13.7 Å². The number of aryl methyl sites for hydroxylation is 2. The Hall–Kier alpha value is -1.65. The normalized spacial score (nSPS) is 11.1. The van der Waals surface area contributed by atoms with E-state index in [0.29, 0.717) is 0 Å². The maximum absolute atomic E-state index is 4.39. The fourth-order valence-electron chi connectivity index (χ4n) is 2.06. The van der Waals surface area contributed by atoms with Crippen LogP contribution in [0.1, 0.15) is 39.5 Å². The van der Waals surface area contributed by atoms with Crippen molar-refractivity contribution in [2.24, 2.45) is 0 Å². The average molecular weight is 263 g/mol. The van der Waals surface area contributed by atoms with Crippen molar-refractivity contribution in [3.63, 3.8) is 0 Å². The van der Waals surface area contributed by atoms with Gasteiger partial charge in [0, 0.05) is 5.10 Å². The summed E-state index contributed by atoms with van der Waals surface area (Å²) in [7, 11) is 0. The minimum atomic E-state index is 0.776. The van der Waals surface area contributed by atoms with E-state index in [2.05, 4.69) is 57.7 Å². The van der Waals surface area contributed by atoms with Gasteiger partial charge in [0.25, 0.3) is 6.33 Å². The summed E-state index contributed by atoms with van der Waals surface area (Å²) in [4.78, 5) is 0. The third-order valence-corrected chi connectivity index (χ3v) is 3.22. The summed E-state index contributed by atoms with van der Waals surface area (Å²) in [6.07, 6.45) is 15.2. The molecule has 0 aliphatic rings. The Morgan fingerprint density at radius 1 is 1.05 bits per heavy atom. The summed E-state index contributed by atoms with van der Waals surface area (Å²) in [5.41, 5.74) is 0. The van der Waals surface area contributed by atoms with Gasteiger partial charge in [-0.2, -0.15) is 0 Å². The van der Waals surface area contributed by atoms with Crippen LogP contribution in [0.25, 0.3) is 0 Å². The molecule has 0 radical (unpaired) electrons. The Kier molecular flexibility index (Phi) is 5.12. The molecule has 0 aliphatic carbocycles. The highest BCUT2D eigenvalue weighted by molar-refractivity contribution is 4.65. The molecular weight excluding hydrogens is 238 g/mol. The van der Waals surface area contributed by atoms with Crippen LogP contribution in [0.15, 0.2) is 31.4 Å². The van der Waals surface area contributed by atoms with Gasteiger partial charge in [0.2, 0.25) is 19.3 Å². The zero-order valence-electron chi connectivity index (χ0n) is 12.1. The molecule has 0 aromatic carbocycles. The molecule has 19 heavy (non-hydrogen) atoms. The van der Waals surface area contributed by atoms with E-state index in [4.69, 9.17) is 0 Å². The molecule has 0 atom stereocenters. The van der Waals surface area contributed by atoms with Crippen molar-refractivity contribution in [1.82, 2.24) is 14.3 Å². The number of hydrogen-bond donors (Lipinski definition) is 0. The zero-order valence-corrected chi connectivity index (χ0v) is 12.1. The standard InChI is InChI=1S/C14H25N5/c1-3-5-7-16-9-10-18(12-16)14-19-13-17(11-15-19)8-6-4-2/h9-13H,3-8,14H2,1-2H3/q+2. The predicted molar refractivity (Wildman–Crippen MR) is 72.3 cm³/mol. The summed E-state index contributed by atoms with van der Waals surface area (Å²) >= 11 is 0. The van der Waals surface area contributed by atoms with E-state index in [9.17, 15) is 0 Å². The molecule has 2 heterocycles. The van der Waals surface area contributed by atoms with Crippen LogP contribution >= 0.6 is 0 Å². The number of aromatic nitrogens is 5. The molecule has 2 aromatic heterocycles. The van der Waals surface area contributed by atoms with Gasteiger partial charge < -0.3 is 0 Å². The first-order valence-corrected chi connectivity index (χ1v) is 7.28. The van der Waals surface area contributed by atoms with Crippen LogP contribution in [-0.4, -0.2) is 14.3 Å². The molecule has 0 saturated heterocycles. The van der Waals surface area contributed by atoms with Crippen LogP contribution in [0.4, 0.5) is 0 Å². The van der Waals surface area contributed by atoms with Crippen molar-refractivity contribution in [3.05, 3.63) is 31.4 Å². The molecule has 0 amide bonds. The van der Waals surface area contributed by atoms with E-state index in [0.717, 1.165) is 19.8 Å². The molecule has 2 rings (SSSR count). The molecule has 0 aliphatic heterocycles. The highest BCUT2D eigenvalue weighted by atomic mass is 15.4. The first kappa shape index (κ1) is 13.8. The fourth-order valence-corrected chi connectivity index (χ4v) is 2.06. The SMILES string of the molecule is CCCCn1cc[n+](Cn2c[n+](CCCC)cn2)c1. The zero-order chi connectivity index (χ0) is 13.5. The molecule has 5 nitrogen and oxygen atoms in total. The quantitative estimate of drug-likeness (QED) is 0.662. The Labute approximate surface area is 115 Å². The van der Waals surface area contributed by atoms with Gasteiger partial charge in [-0.3, -0.25) is 0 Å². The molecular formula is C14H25N5+2. The van der Waals surface area contributed by atoms with E-state index in [-0.39, 0.29) is 0 Å². The van der Waals surface area contributed by atoms with E-state index >= 15 is 0 Å². The van der Waals surface area contributed by atoms with Crippen LogP contribution in [0.2, 0.25) is 0 Å². The molecule has 0 saturated carbocycles. The van der Waals surface area contributed by atoms with Crippen molar-refractivity contribution in [2.75, 3.05) is 0 Å². The molecule has 2 aromatic rings. The lowest BCUT2D eigenvalue weighted by molar-refractivity contribution is -0.713. The number of imidazole rings is 1. The largest absolute Gasteiger partial charge is 0.265 e. The minimum Gasteiger partial charge on any atom is -0.237 e. The Bertz CT molecular complexity index is 441. The summed E-state index contributed by atoms with van der Waals surface area (Å²) < 4.78 is 8.52. The lowest BCUT2D eigenvalue weighted by atomic mass is 10.3. The van der Waals surface area contributed by atoms with Gasteiger partial charge in [-0.1, -0.05) is 31.4 Å². The first-order chi connectivity index (χ1) is 9.31. The van der Waals surface area contributed by atoms with Crippen molar-refractivity contribution >= 4 is 0 Å². The predicted octanol–water partition coefficient (Wildman–Crippen LogP) is 1.37. The third-order valence-electron chi connectivity index (χ3n) is 3.22. The monoisotopic (exact) mass is 263 g/mol. The second-order valence-electron chi connectivity index (χ2n) is 5.04. The molecule has 0 N–H and O–H groups in total. The van der Waals surface area contributed by atoms with Gasteiger partial charge in [0.05, 0.1) is 13.1 Å². The van der Waals surface area contributed by atoms with E-state index in [1.165, 1.54) is 25.7 Å². The van der Waals surface area contributed by atoms with Crippen molar-refractivity contribution in [2.45, 2.75) is 59.3 Å². The average Bonchev–Trinajstić information content (AvgIpc) is 3.04. The summed E-state index contributed by atoms with van der Waals surface area (Å²) in [6.45, 7) is 7.35. The molecule has 0 unspecified atom stereocenters. The van der Waals surface area contributed by atoms with E-state index in [1.807, 2.05) is 11.0 Å². The van der Waals surface area contributed by atoms with Gasteiger partial charge in [-0.15, -0.1) is 0 Å². The summed E-state index contributed by atoms with van der Waals surface area (Å²) in [5, 5.41) is 4.39. The fraction of sp³-hybridized carbons (Fsp3) is 0.643. The van der Waals surface area contributed by atoms with E-state index < -0.39 is 0 Å². The maximum Gasteiger partial charge on any atom is 0.265 e. The van der Waals surface area contributed by atoms with E-state index in [1.54, 1.807) is 0 Å². The highest BCUT2D eigenvalue weighted by Crippen LogP contribution is 1.93. The molecule has 0 fully saturated rings. The number of rotatable bonds is 8. The Morgan fingerprint density at radius 2 is 1.89 bits per heavy atom. The Balaban J connectivity index is 1.89. The number of unbranched alkanes of at least 4 members (excludes halogenated alkanes) is 2. The van der Waals surface area contributed by atoms with Crippen LogP contribution in [0.5, 0.6) is 0 Å². The van der Waals surface area contributed by atoms with Gasteiger partial charge >= 0.3 is 0 Å². The molecule has 104 valence electrons. The topological polar surface area (TPSA) is 30.5 Å². The second kappa shape index (κ2) is 7.07. The third kappa shape index (κ3) is 4.19. The lowest BCUT2D eigenvalue weighted by Gasteiger charge is -1.93. The van der Waals surface area contributed by atoms with Crippen LogP contribution < -0.4 is 9.13 Å².